The van der Waals surface area contributed by atoms with Crippen LogP contribution in [-0.4, -0.2) is 34.8 Å². The number of nitrogens with two attached hydrogens (primary N) is 1. The third-order valence-corrected chi connectivity index (χ3v) is 1.95. The number of carbonyl (C=O) groups is 2. The number of carboxylic acid groups (broad SMARTS) is 1. The van der Waals surface area contributed by atoms with Crippen molar-refractivity contribution in [2.45, 2.75) is 6.54 Å². The number of aromatic nitrogens is 1. The van der Waals surface area contributed by atoms with Crippen LogP contribution in [0.25, 0.3) is 0 Å². The molecule has 7 heteroatoms. The maximum atomic E-state index is 11.3. The van der Waals surface area contributed by atoms with Gasteiger partial charge in [0.15, 0.2) is 0 Å². The number of ether oxygens (including phenoxy) is 1. The number of carboxylic acids is 1. The Balaban J connectivity index is 2.64. The first-order chi connectivity index (χ1) is 8.00. The molecule has 0 aromatic carbocycles. The van der Waals surface area contributed by atoms with Gasteiger partial charge in [0, 0.05) is 18.8 Å². The highest BCUT2D eigenvalue weighted by Crippen LogP contribution is 1.95. The molecule has 0 aliphatic rings. The molecule has 0 spiro atoms. The number of rotatable bonds is 6. The van der Waals surface area contributed by atoms with Gasteiger partial charge in [0.1, 0.15) is 6.61 Å². The second-order valence-electron chi connectivity index (χ2n) is 3.27. The minimum atomic E-state index is -1.11. The fourth-order valence-electron chi connectivity index (χ4n) is 1.17. The van der Waals surface area contributed by atoms with Crippen molar-refractivity contribution in [1.29, 1.82) is 0 Å². The lowest BCUT2D eigenvalue weighted by molar-refractivity contribution is -0.122. The number of pyridine rings is 1. The number of amides is 1. The fourth-order valence-corrected chi connectivity index (χ4v) is 1.17. The second kappa shape index (κ2) is 5.80. The lowest BCUT2D eigenvalue weighted by Crippen LogP contribution is -2.24. The Morgan fingerprint density at radius 3 is 2.71 bits per heavy atom. The van der Waals surface area contributed by atoms with Crippen LogP contribution in [0.5, 0.6) is 0 Å². The van der Waals surface area contributed by atoms with Gasteiger partial charge in [0.05, 0.1) is 12.2 Å². The molecule has 1 aromatic rings. The molecule has 1 amide bonds. The molecule has 0 bridgehead atoms. The van der Waals surface area contributed by atoms with Gasteiger partial charge in [-0.25, -0.2) is 4.79 Å². The molecule has 0 atom stereocenters. The average molecular weight is 240 g/mol. The summed E-state index contributed by atoms with van der Waals surface area (Å²) in [5, 5.41) is 8.74. The fraction of sp³-hybridized carbons (Fsp3) is 0.300. The van der Waals surface area contributed by atoms with E-state index in [1.165, 1.54) is 16.8 Å². The Bertz CT molecular complexity index is 480. The minimum absolute atomic E-state index is 0.0134. The summed E-state index contributed by atoms with van der Waals surface area (Å²) in [5.74, 6) is -1.71. The van der Waals surface area contributed by atoms with Gasteiger partial charge < -0.3 is 20.1 Å². The van der Waals surface area contributed by atoms with Crippen LogP contribution in [0.1, 0.15) is 10.4 Å². The van der Waals surface area contributed by atoms with E-state index in [2.05, 4.69) is 0 Å². The molecule has 7 nitrogen and oxygen atoms in total. The highest BCUT2D eigenvalue weighted by atomic mass is 16.5. The van der Waals surface area contributed by atoms with Crippen molar-refractivity contribution in [3.8, 4) is 0 Å². The third kappa shape index (κ3) is 4.07. The largest absolute Gasteiger partial charge is 0.478 e. The van der Waals surface area contributed by atoms with E-state index in [9.17, 15) is 14.4 Å². The van der Waals surface area contributed by atoms with E-state index in [4.69, 9.17) is 15.6 Å². The van der Waals surface area contributed by atoms with Gasteiger partial charge in [-0.1, -0.05) is 0 Å². The van der Waals surface area contributed by atoms with E-state index < -0.39 is 11.9 Å². The van der Waals surface area contributed by atoms with E-state index in [1.54, 1.807) is 0 Å². The topological polar surface area (TPSA) is 112 Å². The van der Waals surface area contributed by atoms with Gasteiger partial charge in [-0.3, -0.25) is 9.59 Å². The number of carbonyl (C=O) groups excluding carboxylic acids is 1. The zero-order valence-corrected chi connectivity index (χ0v) is 8.96. The predicted octanol–water partition coefficient (Wildman–Crippen LogP) is -0.952. The number of aromatic carboxylic acids is 1. The number of hydrogen-bond donors (Lipinski definition) is 2. The van der Waals surface area contributed by atoms with Crippen molar-refractivity contribution in [3.63, 3.8) is 0 Å². The van der Waals surface area contributed by atoms with E-state index >= 15 is 0 Å². The lowest BCUT2D eigenvalue weighted by atomic mass is 10.3. The van der Waals surface area contributed by atoms with Crippen molar-refractivity contribution >= 4 is 11.9 Å². The van der Waals surface area contributed by atoms with Crippen LogP contribution in [0.3, 0.4) is 0 Å². The summed E-state index contributed by atoms with van der Waals surface area (Å²) in [6.07, 6.45) is 1.22. The smallest absolute Gasteiger partial charge is 0.337 e. The van der Waals surface area contributed by atoms with Crippen LogP contribution in [0, 0.1) is 0 Å². The molecule has 1 heterocycles. The first-order valence-electron chi connectivity index (χ1n) is 4.80. The Morgan fingerprint density at radius 2 is 2.12 bits per heavy atom. The molecule has 1 rings (SSSR count). The van der Waals surface area contributed by atoms with E-state index in [0.29, 0.717) is 0 Å². The first kappa shape index (κ1) is 12.9. The van der Waals surface area contributed by atoms with Crippen LogP contribution >= 0.6 is 0 Å². The van der Waals surface area contributed by atoms with Crippen LogP contribution in [0.4, 0.5) is 0 Å². The van der Waals surface area contributed by atoms with Crippen LogP contribution < -0.4 is 11.3 Å². The zero-order chi connectivity index (χ0) is 12.8. The van der Waals surface area contributed by atoms with Crippen molar-refractivity contribution in [1.82, 2.24) is 4.57 Å². The van der Waals surface area contributed by atoms with Crippen molar-refractivity contribution < 1.29 is 19.4 Å². The zero-order valence-electron chi connectivity index (χ0n) is 8.96. The summed E-state index contributed by atoms with van der Waals surface area (Å²) in [6, 6.07) is 2.39. The molecule has 17 heavy (non-hydrogen) atoms. The standard InChI is InChI=1S/C10H12N2O5/c11-8(13)6-17-4-3-12-5-7(10(15)16)1-2-9(12)14/h1-2,5H,3-4,6H2,(H2,11,13)(H,15,16). The summed E-state index contributed by atoms with van der Waals surface area (Å²) in [5.41, 5.74) is 4.53. The molecular weight excluding hydrogens is 228 g/mol. The van der Waals surface area contributed by atoms with Crippen LogP contribution in [0.2, 0.25) is 0 Å². The maximum Gasteiger partial charge on any atom is 0.337 e. The molecule has 0 aliphatic heterocycles. The molecule has 0 saturated carbocycles. The molecular formula is C10H12N2O5. The molecule has 3 N–H and O–H groups in total. The summed E-state index contributed by atoms with van der Waals surface area (Å²) < 4.78 is 6.07. The number of hydrogen-bond acceptors (Lipinski definition) is 4. The van der Waals surface area contributed by atoms with Crippen LogP contribution in [0.15, 0.2) is 23.1 Å². The SMILES string of the molecule is NC(=O)COCCn1cc(C(=O)O)ccc1=O. The summed E-state index contributed by atoms with van der Waals surface area (Å²) in [7, 11) is 0. The molecule has 0 unspecified atom stereocenters. The highest BCUT2D eigenvalue weighted by molar-refractivity contribution is 5.87. The Kier molecular flexibility index (Phi) is 4.41. The Hall–Kier alpha value is -2.15. The van der Waals surface area contributed by atoms with Crippen LogP contribution in [-0.2, 0) is 16.1 Å². The second-order valence-corrected chi connectivity index (χ2v) is 3.27. The summed E-state index contributed by atoms with van der Waals surface area (Å²) >= 11 is 0. The molecule has 92 valence electrons. The number of nitrogens with zero attached hydrogens (tertiary/aromatic N) is 1. The lowest BCUT2D eigenvalue weighted by Gasteiger charge is -2.06. The normalized spacial score (nSPS) is 10.1. The predicted molar refractivity (Wildman–Crippen MR) is 57.7 cm³/mol. The summed E-state index contributed by atoms with van der Waals surface area (Å²) in [4.78, 5) is 32.4. The van der Waals surface area contributed by atoms with Gasteiger partial charge in [0.2, 0.25) is 5.91 Å². The van der Waals surface area contributed by atoms with Crippen molar-refractivity contribution in [3.05, 3.63) is 34.2 Å². The summed E-state index contributed by atoms with van der Waals surface area (Å²) in [6.45, 7) is 0.0343. The van der Waals surface area contributed by atoms with Gasteiger partial charge >= 0.3 is 5.97 Å². The van der Waals surface area contributed by atoms with Crippen molar-refractivity contribution in [2.24, 2.45) is 5.73 Å². The highest BCUT2D eigenvalue weighted by Gasteiger charge is 2.05. The Labute approximate surface area is 96.4 Å². The van der Waals surface area contributed by atoms with Gasteiger partial charge in [-0.05, 0) is 6.07 Å². The molecule has 1 aromatic heterocycles. The molecule has 0 aliphatic carbocycles. The monoisotopic (exact) mass is 240 g/mol. The van der Waals surface area contributed by atoms with Gasteiger partial charge in [-0.2, -0.15) is 0 Å². The van der Waals surface area contributed by atoms with E-state index in [-0.39, 0.29) is 30.9 Å². The quantitative estimate of drug-likeness (QED) is 0.622. The third-order valence-electron chi connectivity index (χ3n) is 1.95. The first-order valence-corrected chi connectivity index (χ1v) is 4.80. The average Bonchev–Trinajstić information content (AvgIpc) is 2.25. The molecule has 0 saturated heterocycles. The minimum Gasteiger partial charge on any atom is -0.478 e. The van der Waals surface area contributed by atoms with E-state index in [1.807, 2.05) is 0 Å². The van der Waals surface area contributed by atoms with E-state index in [0.717, 1.165) is 6.07 Å². The number of primary amides is 1. The maximum absolute atomic E-state index is 11.3. The van der Waals surface area contributed by atoms with Gasteiger partial charge in [0.25, 0.3) is 5.56 Å². The molecule has 0 fully saturated rings. The van der Waals surface area contributed by atoms with Gasteiger partial charge in [-0.15, -0.1) is 0 Å². The van der Waals surface area contributed by atoms with Crippen molar-refractivity contribution in [2.75, 3.05) is 13.2 Å². The molecule has 0 radical (unpaired) electrons. The Morgan fingerprint density at radius 1 is 1.41 bits per heavy atom.